The van der Waals surface area contributed by atoms with Crippen LogP contribution in [-0.2, 0) is 9.84 Å². The summed E-state index contributed by atoms with van der Waals surface area (Å²) in [5, 5.41) is 11.0. The monoisotopic (exact) mass is 335 g/mol. The van der Waals surface area contributed by atoms with Gasteiger partial charge in [-0.1, -0.05) is 54.1 Å². The lowest BCUT2D eigenvalue weighted by molar-refractivity contribution is 0.321. The first kappa shape index (κ1) is 16.3. The molecular weight excluding hydrogens is 322 g/mol. The van der Waals surface area contributed by atoms with E-state index in [1.54, 1.807) is 6.08 Å². The van der Waals surface area contributed by atoms with Gasteiger partial charge in [0.05, 0.1) is 11.1 Å². The first-order chi connectivity index (χ1) is 10.5. The second-order valence-corrected chi connectivity index (χ2v) is 7.04. The van der Waals surface area contributed by atoms with E-state index in [1.807, 2.05) is 30.3 Å². The number of rotatable bonds is 5. The van der Waals surface area contributed by atoms with Gasteiger partial charge in [-0.15, -0.1) is 5.16 Å². The second-order valence-electron chi connectivity index (χ2n) is 4.50. The highest BCUT2D eigenvalue weighted by atomic mass is 35.5. The van der Waals surface area contributed by atoms with Crippen LogP contribution in [0.4, 0.5) is 0 Å². The van der Waals surface area contributed by atoms with Crippen LogP contribution in [0.15, 0.2) is 70.7 Å². The smallest absolute Gasteiger partial charge is 0.190 e. The van der Waals surface area contributed by atoms with Crippen molar-refractivity contribution in [2.75, 3.05) is 0 Å². The molecule has 2 rings (SSSR count). The van der Waals surface area contributed by atoms with Gasteiger partial charge in [0, 0.05) is 5.02 Å². The van der Waals surface area contributed by atoms with E-state index in [4.69, 9.17) is 16.8 Å². The Hall–Kier alpha value is -2.11. The Balaban J connectivity index is 2.34. The maximum atomic E-state index is 12.6. The molecule has 0 aliphatic carbocycles. The summed E-state index contributed by atoms with van der Waals surface area (Å²) in [6.07, 6.45) is 4.11. The Morgan fingerprint density at radius 1 is 1.05 bits per heavy atom. The number of hydrogen-bond acceptors (Lipinski definition) is 4. The fraction of sp³-hybridized carbons (Fsp3) is 0.0625. The van der Waals surface area contributed by atoms with Crippen LogP contribution in [0.2, 0.25) is 5.02 Å². The SMILES string of the molecule is O=S(=O)(c1ccc(Cl)cc1)C(/C=N\O)/C=C/c1ccccc1. The lowest BCUT2D eigenvalue weighted by atomic mass is 10.2. The van der Waals surface area contributed by atoms with Crippen LogP contribution in [0.5, 0.6) is 0 Å². The van der Waals surface area contributed by atoms with Crippen molar-refractivity contribution in [2.45, 2.75) is 10.1 Å². The van der Waals surface area contributed by atoms with Crippen LogP contribution >= 0.6 is 11.6 Å². The Labute approximate surface area is 134 Å². The minimum Gasteiger partial charge on any atom is -0.411 e. The summed E-state index contributed by atoms with van der Waals surface area (Å²) in [6.45, 7) is 0. The lowest BCUT2D eigenvalue weighted by Gasteiger charge is -2.09. The minimum atomic E-state index is -3.70. The molecule has 0 radical (unpaired) electrons. The third-order valence-electron chi connectivity index (χ3n) is 2.99. The minimum absolute atomic E-state index is 0.111. The van der Waals surface area contributed by atoms with Gasteiger partial charge in [-0.25, -0.2) is 8.42 Å². The molecule has 0 fully saturated rings. The van der Waals surface area contributed by atoms with Crippen molar-refractivity contribution in [3.63, 3.8) is 0 Å². The summed E-state index contributed by atoms with van der Waals surface area (Å²) < 4.78 is 25.1. The van der Waals surface area contributed by atoms with Crippen molar-refractivity contribution in [3.8, 4) is 0 Å². The first-order valence-corrected chi connectivity index (χ1v) is 8.37. The van der Waals surface area contributed by atoms with Gasteiger partial charge in [0.1, 0.15) is 5.25 Å². The molecule has 114 valence electrons. The Morgan fingerprint density at radius 2 is 1.68 bits per heavy atom. The maximum Gasteiger partial charge on any atom is 0.190 e. The molecule has 0 aliphatic heterocycles. The summed E-state index contributed by atoms with van der Waals surface area (Å²) in [7, 11) is -3.70. The predicted octanol–water partition coefficient (Wildman–Crippen LogP) is 3.66. The van der Waals surface area contributed by atoms with Crippen molar-refractivity contribution in [1.82, 2.24) is 0 Å². The molecule has 0 heterocycles. The number of sulfone groups is 1. The second kappa shape index (κ2) is 7.24. The summed E-state index contributed by atoms with van der Waals surface area (Å²) in [5.74, 6) is 0. The fourth-order valence-corrected chi connectivity index (χ4v) is 3.31. The van der Waals surface area contributed by atoms with E-state index in [2.05, 4.69) is 5.16 Å². The van der Waals surface area contributed by atoms with Crippen molar-refractivity contribution in [1.29, 1.82) is 0 Å². The van der Waals surface area contributed by atoms with E-state index in [1.165, 1.54) is 30.3 Å². The van der Waals surface area contributed by atoms with Crippen LogP contribution in [0, 0.1) is 0 Å². The fourth-order valence-electron chi connectivity index (χ4n) is 1.85. The van der Waals surface area contributed by atoms with Gasteiger partial charge in [-0.2, -0.15) is 0 Å². The van der Waals surface area contributed by atoms with Crippen LogP contribution in [0.3, 0.4) is 0 Å². The van der Waals surface area contributed by atoms with E-state index in [9.17, 15) is 8.42 Å². The van der Waals surface area contributed by atoms with E-state index in [0.29, 0.717) is 5.02 Å². The van der Waals surface area contributed by atoms with Crippen LogP contribution < -0.4 is 0 Å². The molecule has 22 heavy (non-hydrogen) atoms. The van der Waals surface area contributed by atoms with Crippen molar-refractivity contribution in [3.05, 3.63) is 71.3 Å². The highest BCUT2D eigenvalue weighted by molar-refractivity contribution is 7.93. The molecule has 1 unspecified atom stereocenters. The molecule has 0 saturated carbocycles. The van der Waals surface area contributed by atoms with Gasteiger partial charge in [0.25, 0.3) is 0 Å². The van der Waals surface area contributed by atoms with E-state index >= 15 is 0 Å². The highest BCUT2D eigenvalue weighted by Crippen LogP contribution is 2.19. The third-order valence-corrected chi connectivity index (χ3v) is 5.17. The normalized spacial score (nSPS) is 13.7. The number of benzene rings is 2. The zero-order chi connectivity index (χ0) is 16.0. The molecule has 0 spiro atoms. The molecule has 6 heteroatoms. The Bertz CT molecular complexity index is 769. The quantitative estimate of drug-likeness (QED) is 0.515. The van der Waals surface area contributed by atoms with Gasteiger partial charge in [0.2, 0.25) is 0 Å². The van der Waals surface area contributed by atoms with Gasteiger partial charge in [-0.05, 0) is 29.8 Å². The standard InChI is InChI=1S/C16H14ClNO3S/c17-14-7-10-15(11-8-14)22(20,21)16(12-18-19)9-6-13-4-2-1-3-5-13/h1-12,16,19H/b9-6+,18-12-. The zero-order valence-electron chi connectivity index (χ0n) is 11.5. The molecule has 0 saturated heterocycles. The molecule has 0 aliphatic rings. The zero-order valence-corrected chi connectivity index (χ0v) is 13.1. The molecule has 1 atom stereocenters. The average Bonchev–Trinajstić information content (AvgIpc) is 2.52. The van der Waals surface area contributed by atoms with E-state index in [0.717, 1.165) is 11.8 Å². The maximum absolute atomic E-state index is 12.6. The number of hydrogen-bond donors (Lipinski definition) is 1. The number of halogens is 1. The van der Waals surface area contributed by atoms with Crippen LogP contribution in [0.25, 0.3) is 6.08 Å². The van der Waals surface area contributed by atoms with Crippen molar-refractivity contribution < 1.29 is 13.6 Å². The summed E-state index contributed by atoms with van der Waals surface area (Å²) in [4.78, 5) is 0.111. The van der Waals surface area contributed by atoms with Gasteiger partial charge < -0.3 is 5.21 Å². The Morgan fingerprint density at radius 3 is 2.27 bits per heavy atom. The third kappa shape index (κ3) is 3.96. The molecular formula is C16H14ClNO3S. The largest absolute Gasteiger partial charge is 0.411 e. The molecule has 1 N–H and O–H groups in total. The number of oxime groups is 1. The topological polar surface area (TPSA) is 66.7 Å². The highest BCUT2D eigenvalue weighted by Gasteiger charge is 2.24. The average molecular weight is 336 g/mol. The molecule has 0 aromatic heterocycles. The van der Waals surface area contributed by atoms with Crippen LogP contribution in [0.1, 0.15) is 5.56 Å². The molecule has 0 amide bonds. The van der Waals surface area contributed by atoms with E-state index < -0.39 is 15.1 Å². The lowest BCUT2D eigenvalue weighted by Crippen LogP contribution is -2.20. The van der Waals surface area contributed by atoms with Crippen LogP contribution in [-0.4, -0.2) is 25.1 Å². The van der Waals surface area contributed by atoms with E-state index in [-0.39, 0.29) is 4.90 Å². The molecule has 2 aromatic carbocycles. The van der Waals surface area contributed by atoms with Gasteiger partial charge in [-0.3, -0.25) is 0 Å². The number of nitrogens with zero attached hydrogens (tertiary/aromatic N) is 1. The Kier molecular flexibility index (Phi) is 5.35. The summed E-state index contributed by atoms with van der Waals surface area (Å²) in [6, 6.07) is 15.1. The van der Waals surface area contributed by atoms with Gasteiger partial charge in [0.15, 0.2) is 9.84 Å². The van der Waals surface area contributed by atoms with Gasteiger partial charge >= 0.3 is 0 Å². The summed E-state index contributed by atoms with van der Waals surface area (Å²) in [5.41, 5.74) is 0.852. The predicted molar refractivity (Wildman–Crippen MR) is 88.2 cm³/mol. The van der Waals surface area contributed by atoms with Crippen molar-refractivity contribution in [2.24, 2.45) is 5.16 Å². The summed E-state index contributed by atoms with van der Waals surface area (Å²) >= 11 is 5.77. The molecule has 2 aromatic rings. The van der Waals surface area contributed by atoms with Crippen molar-refractivity contribution >= 4 is 33.7 Å². The molecule has 4 nitrogen and oxygen atoms in total. The molecule has 0 bridgehead atoms. The first-order valence-electron chi connectivity index (χ1n) is 6.44.